The third-order valence-electron chi connectivity index (χ3n) is 3.12. The number of rotatable bonds is 3. The van der Waals surface area contributed by atoms with Crippen LogP contribution in [0.5, 0.6) is 0 Å². The van der Waals surface area contributed by atoms with Gasteiger partial charge in [0.05, 0.1) is 0 Å². The topological polar surface area (TPSA) is 69.1 Å². The standard InChI is InChI=1S/C15H14ClFN2O/c1-8(20)11-6-13(16)12(7-18)15(19)14(11)9-3-2-4-10(17)5-9/h2-6H,7,18-19H2,1H3. The number of hydrogen-bond donors (Lipinski definition) is 2. The van der Waals surface area contributed by atoms with E-state index in [2.05, 4.69) is 0 Å². The van der Waals surface area contributed by atoms with Gasteiger partial charge >= 0.3 is 0 Å². The molecule has 0 aliphatic carbocycles. The van der Waals surface area contributed by atoms with E-state index in [0.717, 1.165) is 0 Å². The van der Waals surface area contributed by atoms with Gasteiger partial charge in [-0.3, -0.25) is 4.79 Å². The summed E-state index contributed by atoms with van der Waals surface area (Å²) in [4.78, 5) is 11.8. The van der Waals surface area contributed by atoms with Crippen molar-refractivity contribution < 1.29 is 9.18 Å². The van der Waals surface area contributed by atoms with Crippen LogP contribution in [0.1, 0.15) is 22.8 Å². The molecule has 0 amide bonds. The van der Waals surface area contributed by atoms with Crippen LogP contribution in [-0.2, 0) is 6.54 Å². The summed E-state index contributed by atoms with van der Waals surface area (Å²) in [6.45, 7) is 1.56. The summed E-state index contributed by atoms with van der Waals surface area (Å²) < 4.78 is 13.4. The summed E-state index contributed by atoms with van der Waals surface area (Å²) in [5, 5.41) is 0.343. The van der Waals surface area contributed by atoms with E-state index in [0.29, 0.717) is 33.0 Å². The summed E-state index contributed by atoms with van der Waals surface area (Å²) in [6.07, 6.45) is 0. The highest BCUT2D eigenvalue weighted by Crippen LogP contribution is 2.37. The number of hydrogen-bond acceptors (Lipinski definition) is 3. The van der Waals surface area contributed by atoms with Gasteiger partial charge in [0.2, 0.25) is 0 Å². The van der Waals surface area contributed by atoms with Crippen LogP contribution >= 0.6 is 11.6 Å². The van der Waals surface area contributed by atoms with Gasteiger partial charge in [-0.1, -0.05) is 23.7 Å². The molecule has 0 aromatic heterocycles. The lowest BCUT2D eigenvalue weighted by atomic mass is 9.93. The largest absolute Gasteiger partial charge is 0.398 e. The second kappa shape index (κ2) is 5.61. The van der Waals surface area contributed by atoms with E-state index in [4.69, 9.17) is 23.1 Å². The normalized spacial score (nSPS) is 10.6. The summed E-state index contributed by atoms with van der Waals surface area (Å²) in [5.74, 6) is -0.595. The van der Waals surface area contributed by atoms with Gasteiger partial charge in [0.1, 0.15) is 5.82 Å². The fourth-order valence-electron chi connectivity index (χ4n) is 2.15. The predicted molar refractivity (Wildman–Crippen MR) is 79.2 cm³/mol. The summed E-state index contributed by atoms with van der Waals surface area (Å²) >= 11 is 6.08. The smallest absolute Gasteiger partial charge is 0.160 e. The first-order chi connectivity index (χ1) is 9.45. The maximum atomic E-state index is 13.4. The number of carbonyl (C=O) groups is 1. The van der Waals surface area contributed by atoms with Crippen LogP contribution in [0.4, 0.5) is 10.1 Å². The molecule has 0 aliphatic heterocycles. The molecule has 0 saturated heterocycles. The quantitative estimate of drug-likeness (QED) is 0.673. The van der Waals surface area contributed by atoms with E-state index in [9.17, 15) is 9.18 Å². The second-order valence-electron chi connectivity index (χ2n) is 4.44. The predicted octanol–water partition coefficient (Wildman–Crippen LogP) is 3.39. The first-order valence-corrected chi connectivity index (χ1v) is 6.41. The molecule has 0 saturated carbocycles. The van der Waals surface area contributed by atoms with Crippen LogP contribution in [-0.4, -0.2) is 5.78 Å². The molecule has 0 bridgehead atoms. The van der Waals surface area contributed by atoms with Crippen molar-refractivity contribution in [2.75, 3.05) is 5.73 Å². The van der Waals surface area contributed by atoms with Crippen LogP contribution in [0.15, 0.2) is 30.3 Å². The minimum Gasteiger partial charge on any atom is -0.398 e. The molecule has 0 fully saturated rings. The Balaban J connectivity index is 2.82. The molecule has 3 nitrogen and oxygen atoms in total. The minimum atomic E-state index is -0.402. The molecule has 0 radical (unpaired) electrons. The van der Waals surface area contributed by atoms with Crippen LogP contribution in [0.2, 0.25) is 5.02 Å². The monoisotopic (exact) mass is 292 g/mol. The molecule has 2 aromatic rings. The van der Waals surface area contributed by atoms with Crippen LogP contribution in [0, 0.1) is 5.82 Å². The maximum Gasteiger partial charge on any atom is 0.160 e. The third-order valence-corrected chi connectivity index (χ3v) is 3.46. The Morgan fingerprint density at radius 3 is 2.60 bits per heavy atom. The van der Waals surface area contributed by atoms with E-state index >= 15 is 0 Å². The molecular formula is C15H14ClFN2O. The van der Waals surface area contributed by atoms with Gasteiger partial charge in [-0.05, 0) is 30.7 Å². The Hall–Kier alpha value is -1.91. The lowest BCUT2D eigenvalue weighted by molar-refractivity contribution is 0.101. The number of carbonyl (C=O) groups excluding carboxylic acids is 1. The number of Topliss-reactive ketones (excluding diaryl/α,β-unsaturated/α-hetero) is 1. The Labute approximate surface area is 121 Å². The summed E-state index contributed by atoms with van der Waals surface area (Å²) in [6, 6.07) is 7.43. The molecule has 0 aliphatic rings. The highest BCUT2D eigenvalue weighted by atomic mass is 35.5. The molecule has 0 atom stereocenters. The molecule has 2 aromatic carbocycles. The Morgan fingerprint density at radius 2 is 2.05 bits per heavy atom. The van der Waals surface area contributed by atoms with Crippen molar-refractivity contribution in [2.45, 2.75) is 13.5 Å². The van der Waals surface area contributed by atoms with Crippen molar-refractivity contribution in [1.29, 1.82) is 0 Å². The van der Waals surface area contributed by atoms with E-state index in [-0.39, 0.29) is 12.3 Å². The molecular weight excluding hydrogens is 279 g/mol. The summed E-state index contributed by atoms with van der Waals surface area (Å²) in [7, 11) is 0. The van der Waals surface area contributed by atoms with Gasteiger partial charge in [-0.2, -0.15) is 0 Å². The highest BCUT2D eigenvalue weighted by molar-refractivity contribution is 6.32. The SMILES string of the molecule is CC(=O)c1cc(Cl)c(CN)c(N)c1-c1cccc(F)c1. The summed E-state index contributed by atoms with van der Waals surface area (Å²) in [5.41, 5.74) is 13.9. The Bertz CT molecular complexity index is 686. The Morgan fingerprint density at radius 1 is 1.35 bits per heavy atom. The maximum absolute atomic E-state index is 13.4. The molecule has 0 unspecified atom stereocenters. The van der Waals surface area contributed by atoms with Gasteiger partial charge in [0.15, 0.2) is 5.78 Å². The lowest BCUT2D eigenvalue weighted by Crippen LogP contribution is -2.08. The first kappa shape index (κ1) is 14.5. The van der Waals surface area contributed by atoms with Crippen LogP contribution in [0.3, 0.4) is 0 Å². The van der Waals surface area contributed by atoms with Gasteiger partial charge in [-0.25, -0.2) is 4.39 Å². The molecule has 2 rings (SSSR count). The zero-order valence-electron chi connectivity index (χ0n) is 10.9. The first-order valence-electron chi connectivity index (χ1n) is 6.03. The second-order valence-corrected chi connectivity index (χ2v) is 4.85. The van der Waals surface area contributed by atoms with Gasteiger partial charge in [0, 0.05) is 33.9 Å². The van der Waals surface area contributed by atoms with Crippen LogP contribution < -0.4 is 11.5 Å². The molecule has 5 heteroatoms. The molecule has 0 spiro atoms. The van der Waals surface area contributed by atoms with Crippen LogP contribution in [0.25, 0.3) is 11.1 Å². The molecule has 104 valence electrons. The van der Waals surface area contributed by atoms with Gasteiger partial charge < -0.3 is 11.5 Å². The van der Waals surface area contributed by atoms with E-state index < -0.39 is 5.82 Å². The van der Waals surface area contributed by atoms with Crippen molar-refractivity contribution >= 4 is 23.1 Å². The lowest BCUT2D eigenvalue weighted by Gasteiger charge is -2.16. The molecule has 0 heterocycles. The highest BCUT2D eigenvalue weighted by Gasteiger charge is 2.18. The zero-order chi connectivity index (χ0) is 14.9. The van der Waals surface area contributed by atoms with Gasteiger partial charge in [0.25, 0.3) is 0 Å². The minimum absolute atomic E-state index is 0.144. The van der Waals surface area contributed by atoms with E-state index in [1.165, 1.54) is 25.1 Å². The number of halogens is 2. The average Bonchev–Trinajstić information content (AvgIpc) is 2.38. The average molecular weight is 293 g/mol. The third kappa shape index (κ3) is 2.53. The number of anilines is 1. The Kier molecular flexibility index (Phi) is 4.06. The number of nitrogen functional groups attached to an aromatic ring is 1. The van der Waals surface area contributed by atoms with E-state index in [1.807, 2.05) is 0 Å². The fourth-order valence-corrected chi connectivity index (χ4v) is 2.44. The van der Waals surface area contributed by atoms with E-state index in [1.54, 1.807) is 12.1 Å². The van der Waals surface area contributed by atoms with Crippen molar-refractivity contribution in [3.8, 4) is 11.1 Å². The van der Waals surface area contributed by atoms with Crippen molar-refractivity contribution in [2.24, 2.45) is 5.73 Å². The fraction of sp³-hybridized carbons (Fsp3) is 0.133. The van der Waals surface area contributed by atoms with Gasteiger partial charge in [-0.15, -0.1) is 0 Å². The number of ketones is 1. The zero-order valence-corrected chi connectivity index (χ0v) is 11.7. The van der Waals surface area contributed by atoms with Crippen molar-refractivity contribution in [3.63, 3.8) is 0 Å². The number of nitrogens with two attached hydrogens (primary N) is 2. The van der Waals surface area contributed by atoms with Crippen molar-refractivity contribution in [3.05, 3.63) is 52.3 Å². The van der Waals surface area contributed by atoms with Crippen molar-refractivity contribution in [1.82, 2.24) is 0 Å². The molecule has 4 N–H and O–H groups in total. The molecule has 20 heavy (non-hydrogen) atoms. The number of benzene rings is 2.